The molecule has 1 aromatic carbocycles. The van der Waals surface area contributed by atoms with E-state index < -0.39 is 17.3 Å². The predicted octanol–water partition coefficient (Wildman–Crippen LogP) is 2.43. The van der Waals surface area contributed by atoms with E-state index in [0.717, 1.165) is 4.68 Å². The lowest BCUT2D eigenvalue weighted by molar-refractivity contribution is 0.0689. The molecule has 0 bridgehead atoms. The highest BCUT2D eigenvalue weighted by molar-refractivity contribution is 9.10. The van der Waals surface area contributed by atoms with Gasteiger partial charge in [-0.15, -0.1) is 0 Å². The minimum atomic E-state index is -1.31. The summed E-state index contributed by atoms with van der Waals surface area (Å²) in [5.74, 6) is -1.89. The Morgan fingerprint density at radius 3 is 2.71 bits per heavy atom. The van der Waals surface area contributed by atoms with Gasteiger partial charge in [-0.05, 0) is 25.1 Å². The second-order valence-electron chi connectivity index (χ2n) is 4.33. The predicted molar refractivity (Wildman–Crippen MR) is 78.6 cm³/mol. The number of carboxylic acid groups (broad SMARTS) is 1. The molecule has 0 spiro atoms. The Bertz CT molecular complexity index is 789. The van der Waals surface area contributed by atoms with E-state index >= 15 is 0 Å². The normalized spacial score (nSPS) is 10.5. The summed E-state index contributed by atoms with van der Waals surface area (Å²) in [5.41, 5.74) is -0.630. The molecular weight excluding hydrogens is 345 g/mol. The van der Waals surface area contributed by atoms with Crippen LogP contribution in [-0.2, 0) is 7.05 Å². The van der Waals surface area contributed by atoms with Crippen LogP contribution in [0.4, 0.5) is 15.8 Å². The molecule has 0 atom stereocenters. The van der Waals surface area contributed by atoms with Crippen LogP contribution in [0.3, 0.4) is 0 Å². The van der Waals surface area contributed by atoms with Crippen LogP contribution in [0.25, 0.3) is 0 Å². The molecule has 2 aromatic rings. The van der Waals surface area contributed by atoms with Gasteiger partial charge in [0, 0.05) is 17.1 Å². The zero-order chi connectivity index (χ0) is 15.7. The number of hydrogen-bond donors (Lipinski definition) is 2. The summed E-state index contributed by atoms with van der Waals surface area (Å²) in [7, 11) is 1.35. The van der Waals surface area contributed by atoms with Gasteiger partial charge in [-0.25, -0.2) is 13.9 Å². The highest BCUT2D eigenvalue weighted by atomic mass is 79.9. The molecular formula is C13H11BrFN3O3. The zero-order valence-corrected chi connectivity index (χ0v) is 12.7. The summed E-state index contributed by atoms with van der Waals surface area (Å²) in [5, 5.41) is 15.5. The monoisotopic (exact) mass is 355 g/mol. The van der Waals surface area contributed by atoms with Crippen LogP contribution < -0.4 is 10.9 Å². The minimum absolute atomic E-state index is 0.0215. The summed E-state index contributed by atoms with van der Waals surface area (Å²) in [6.07, 6.45) is 0. The molecule has 0 aliphatic heterocycles. The van der Waals surface area contributed by atoms with E-state index in [0.29, 0.717) is 4.47 Å². The Kier molecular flexibility index (Phi) is 4.08. The van der Waals surface area contributed by atoms with Crippen molar-refractivity contribution in [2.45, 2.75) is 6.92 Å². The average Bonchev–Trinajstić information content (AvgIpc) is 2.41. The molecule has 1 heterocycles. The second-order valence-corrected chi connectivity index (χ2v) is 5.25. The van der Waals surface area contributed by atoms with Crippen LogP contribution in [0, 0.1) is 12.7 Å². The Balaban J connectivity index is 2.60. The van der Waals surface area contributed by atoms with Crippen molar-refractivity contribution in [2.75, 3.05) is 5.32 Å². The topological polar surface area (TPSA) is 84.2 Å². The number of anilines is 2. The lowest BCUT2D eigenvalue weighted by Gasteiger charge is -2.13. The minimum Gasteiger partial charge on any atom is -0.476 e. The lowest BCUT2D eigenvalue weighted by Crippen LogP contribution is -2.26. The van der Waals surface area contributed by atoms with Crippen molar-refractivity contribution in [2.24, 2.45) is 7.05 Å². The van der Waals surface area contributed by atoms with Crippen LogP contribution >= 0.6 is 15.9 Å². The summed E-state index contributed by atoms with van der Waals surface area (Å²) in [6.45, 7) is 1.45. The Hall–Kier alpha value is -2.22. The van der Waals surface area contributed by atoms with Crippen molar-refractivity contribution in [3.63, 3.8) is 0 Å². The number of rotatable bonds is 3. The maximum Gasteiger partial charge on any atom is 0.358 e. The number of nitrogens with one attached hydrogen (secondary N) is 1. The molecule has 0 amide bonds. The van der Waals surface area contributed by atoms with E-state index in [9.17, 15) is 19.1 Å². The molecule has 8 heteroatoms. The smallest absolute Gasteiger partial charge is 0.358 e. The average molecular weight is 356 g/mol. The van der Waals surface area contributed by atoms with Crippen LogP contribution in [0.1, 0.15) is 16.1 Å². The summed E-state index contributed by atoms with van der Waals surface area (Å²) >= 11 is 3.13. The van der Waals surface area contributed by atoms with Gasteiger partial charge in [0.05, 0.1) is 11.4 Å². The number of aromatic carboxylic acids is 1. The first-order chi connectivity index (χ1) is 9.81. The van der Waals surface area contributed by atoms with Crippen molar-refractivity contribution >= 4 is 33.3 Å². The van der Waals surface area contributed by atoms with Crippen LogP contribution in [0.15, 0.2) is 27.5 Å². The van der Waals surface area contributed by atoms with E-state index in [4.69, 9.17) is 0 Å². The third-order valence-electron chi connectivity index (χ3n) is 2.87. The van der Waals surface area contributed by atoms with E-state index in [2.05, 4.69) is 26.3 Å². The van der Waals surface area contributed by atoms with Gasteiger partial charge in [-0.3, -0.25) is 4.79 Å². The van der Waals surface area contributed by atoms with Crippen molar-refractivity contribution < 1.29 is 14.3 Å². The molecule has 0 unspecified atom stereocenters. The molecule has 110 valence electrons. The molecule has 0 fully saturated rings. The number of benzene rings is 1. The maximum atomic E-state index is 13.8. The van der Waals surface area contributed by atoms with Gasteiger partial charge in [0.15, 0.2) is 5.69 Å². The number of aryl methyl sites for hydroxylation is 1. The third kappa shape index (κ3) is 2.94. The SMILES string of the molecule is Cc1c(Nc2ccc(Br)cc2F)c(C(=O)O)nn(C)c1=O. The Morgan fingerprint density at radius 1 is 1.48 bits per heavy atom. The van der Waals surface area contributed by atoms with E-state index in [-0.39, 0.29) is 22.6 Å². The number of hydrogen-bond acceptors (Lipinski definition) is 4. The molecule has 0 aliphatic carbocycles. The Morgan fingerprint density at radius 2 is 2.14 bits per heavy atom. The largest absolute Gasteiger partial charge is 0.476 e. The number of aromatic nitrogens is 2. The van der Waals surface area contributed by atoms with Crippen molar-refractivity contribution in [3.8, 4) is 0 Å². The molecule has 6 nitrogen and oxygen atoms in total. The van der Waals surface area contributed by atoms with Crippen LogP contribution in [0.5, 0.6) is 0 Å². The first-order valence-corrected chi connectivity index (χ1v) is 6.64. The van der Waals surface area contributed by atoms with Gasteiger partial charge in [0.1, 0.15) is 5.82 Å². The molecule has 2 rings (SSSR count). The lowest BCUT2D eigenvalue weighted by atomic mass is 10.2. The number of carbonyl (C=O) groups is 1. The van der Waals surface area contributed by atoms with Gasteiger partial charge in [-0.2, -0.15) is 5.10 Å². The van der Waals surface area contributed by atoms with Crippen molar-refractivity contribution in [3.05, 3.63) is 50.1 Å². The molecule has 2 N–H and O–H groups in total. The fourth-order valence-electron chi connectivity index (χ4n) is 1.80. The molecule has 0 radical (unpaired) electrons. The molecule has 0 saturated carbocycles. The van der Waals surface area contributed by atoms with Crippen LogP contribution in [-0.4, -0.2) is 20.9 Å². The van der Waals surface area contributed by atoms with E-state index in [1.807, 2.05) is 0 Å². The first kappa shape index (κ1) is 15.2. The maximum absolute atomic E-state index is 13.8. The summed E-state index contributed by atoms with van der Waals surface area (Å²) in [4.78, 5) is 23.1. The first-order valence-electron chi connectivity index (χ1n) is 5.84. The van der Waals surface area contributed by atoms with E-state index in [1.165, 1.54) is 26.1 Å². The number of nitrogens with zero attached hydrogens (tertiary/aromatic N) is 2. The highest BCUT2D eigenvalue weighted by Gasteiger charge is 2.19. The van der Waals surface area contributed by atoms with Crippen molar-refractivity contribution in [1.82, 2.24) is 9.78 Å². The molecule has 21 heavy (non-hydrogen) atoms. The van der Waals surface area contributed by atoms with Gasteiger partial charge in [-0.1, -0.05) is 15.9 Å². The fraction of sp³-hybridized carbons (Fsp3) is 0.154. The summed E-state index contributed by atoms with van der Waals surface area (Å²) < 4.78 is 15.3. The van der Waals surface area contributed by atoms with Gasteiger partial charge >= 0.3 is 5.97 Å². The van der Waals surface area contributed by atoms with E-state index in [1.54, 1.807) is 6.07 Å². The molecule has 0 saturated heterocycles. The third-order valence-corrected chi connectivity index (χ3v) is 3.36. The molecule has 1 aromatic heterocycles. The zero-order valence-electron chi connectivity index (χ0n) is 11.1. The highest BCUT2D eigenvalue weighted by Crippen LogP contribution is 2.25. The van der Waals surface area contributed by atoms with Gasteiger partial charge < -0.3 is 10.4 Å². The Labute approximate surface area is 127 Å². The standard InChI is InChI=1S/C13H11BrFN3O3/c1-6-10(11(13(20)21)17-18(2)12(6)19)16-9-4-3-7(14)5-8(9)15/h3-5,16H,1-2H3,(H,20,21). The quantitative estimate of drug-likeness (QED) is 0.883. The van der Waals surface area contributed by atoms with Crippen LogP contribution in [0.2, 0.25) is 0 Å². The number of halogens is 2. The molecule has 0 aliphatic rings. The fourth-order valence-corrected chi connectivity index (χ4v) is 2.13. The van der Waals surface area contributed by atoms with Crippen molar-refractivity contribution in [1.29, 1.82) is 0 Å². The van der Waals surface area contributed by atoms with Gasteiger partial charge in [0.2, 0.25) is 0 Å². The second kappa shape index (κ2) is 5.65. The van der Waals surface area contributed by atoms with Gasteiger partial charge in [0.25, 0.3) is 5.56 Å². The number of carboxylic acids is 1. The summed E-state index contributed by atoms with van der Waals surface area (Å²) in [6, 6.07) is 4.25.